The Kier molecular flexibility index (Phi) is 2.31. The van der Waals surface area contributed by atoms with Gasteiger partial charge in [-0.3, -0.25) is 4.79 Å². The Labute approximate surface area is 74.3 Å². The second kappa shape index (κ2) is 3.12. The topological polar surface area (TPSA) is 68.0 Å². The highest BCUT2D eigenvalue weighted by atomic mass is 19.1. The summed E-state index contributed by atoms with van der Waals surface area (Å²) in [5, 5.41) is 9.06. The summed E-state index contributed by atoms with van der Waals surface area (Å²) in [7, 11) is 0. The van der Waals surface area contributed by atoms with E-state index < -0.39 is 11.6 Å². The van der Waals surface area contributed by atoms with Gasteiger partial charge < -0.3 is 5.32 Å². The van der Waals surface area contributed by atoms with Gasteiger partial charge in [-0.2, -0.15) is 0 Å². The van der Waals surface area contributed by atoms with E-state index in [0.29, 0.717) is 5.69 Å². The highest BCUT2D eigenvalue weighted by molar-refractivity contribution is 5.96. The molecule has 0 radical (unpaired) electrons. The zero-order chi connectivity index (χ0) is 10.1. The number of halogens is 1. The van der Waals surface area contributed by atoms with Crippen molar-refractivity contribution in [3.05, 3.63) is 5.69 Å². The zero-order valence-corrected chi connectivity index (χ0v) is 7.59. The maximum atomic E-state index is 13.0. The summed E-state index contributed by atoms with van der Waals surface area (Å²) in [6.07, 6.45) is 0. The van der Waals surface area contributed by atoms with Crippen LogP contribution < -0.4 is 5.32 Å². The molecule has 0 aliphatic carbocycles. The molecule has 0 spiro atoms. The molecule has 0 saturated carbocycles. The number of aromatic nitrogens is 2. The second-order valence-corrected chi connectivity index (χ2v) is 3.12. The van der Waals surface area contributed by atoms with Crippen molar-refractivity contribution < 1.29 is 13.8 Å². The average Bonchev–Trinajstić information content (AvgIpc) is 2.34. The summed E-state index contributed by atoms with van der Waals surface area (Å²) in [6, 6.07) is 0. The number of rotatable bonds is 2. The molecular weight excluding hydrogens is 177 g/mol. The molecule has 0 unspecified atom stereocenters. The van der Waals surface area contributed by atoms with Crippen LogP contribution in [-0.4, -0.2) is 21.9 Å². The first-order chi connectivity index (χ1) is 5.91. The van der Waals surface area contributed by atoms with Crippen molar-refractivity contribution in [2.45, 2.75) is 26.4 Å². The molecule has 1 rings (SSSR count). The molecule has 0 aliphatic heterocycles. The fourth-order valence-corrected chi connectivity index (χ4v) is 0.601. The van der Waals surface area contributed by atoms with Gasteiger partial charge in [0.1, 0.15) is 5.69 Å². The predicted octanol–water partition coefficient (Wildman–Crippen LogP) is 1.06. The van der Waals surface area contributed by atoms with Crippen LogP contribution in [0.5, 0.6) is 0 Å². The fraction of sp³-hybridized carbons (Fsp3) is 0.571. The highest BCUT2D eigenvalue weighted by Gasteiger charge is 2.27. The van der Waals surface area contributed by atoms with E-state index in [2.05, 4.69) is 20.3 Å². The number of carbonyl (C=O) groups is 1. The van der Waals surface area contributed by atoms with Gasteiger partial charge in [-0.1, -0.05) is 5.16 Å². The predicted molar refractivity (Wildman–Crippen MR) is 42.9 cm³/mol. The van der Waals surface area contributed by atoms with Gasteiger partial charge >= 0.3 is 0 Å². The first kappa shape index (κ1) is 9.63. The number of nitrogens with one attached hydrogen (secondary N) is 1. The summed E-state index contributed by atoms with van der Waals surface area (Å²) in [6.45, 7) is 3.91. The van der Waals surface area contributed by atoms with Crippen LogP contribution in [0.2, 0.25) is 0 Å². The smallest absolute Gasteiger partial charge is 0.262 e. The Hall–Kier alpha value is -1.46. The summed E-state index contributed by atoms with van der Waals surface area (Å²) >= 11 is 0. The van der Waals surface area contributed by atoms with Gasteiger partial charge in [0.05, 0.1) is 0 Å². The molecule has 1 aromatic heterocycles. The number of hydrogen-bond donors (Lipinski definition) is 1. The van der Waals surface area contributed by atoms with Gasteiger partial charge in [0, 0.05) is 0 Å². The van der Waals surface area contributed by atoms with Crippen LogP contribution in [0, 0.1) is 6.92 Å². The van der Waals surface area contributed by atoms with E-state index in [-0.39, 0.29) is 5.82 Å². The summed E-state index contributed by atoms with van der Waals surface area (Å²) < 4.78 is 17.3. The number of alkyl halides is 1. The Morgan fingerprint density at radius 1 is 1.54 bits per heavy atom. The molecular formula is C7H10FN3O2. The molecule has 13 heavy (non-hydrogen) atoms. The maximum absolute atomic E-state index is 13.0. The van der Waals surface area contributed by atoms with Crippen LogP contribution in [-0.2, 0) is 4.79 Å². The van der Waals surface area contributed by atoms with Crippen molar-refractivity contribution in [1.82, 2.24) is 10.3 Å². The third-order valence-corrected chi connectivity index (χ3v) is 1.42. The molecule has 0 aromatic carbocycles. The molecule has 0 aliphatic rings. The normalized spacial score (nSPS) is 11.4. The Morgan fingerprint density at radius 3 is 2.54 bits per heavy atom. The second-order valence-electron chi connectivity index (χ2n) is 3.12. The lowest BCUT2D eigenvalue weighted by atomic mass is 10.1. The Bertz CT molecular complexity index is 316. The Balaban J connectivity index is 2.71. The summed E-state index contributed by atoms with van der Waals surface area (Å²) in [5.41, 5.74) is -1.52. The van der Waals surface area contributed by atoms with E-state index in [1.165, 1.54) is 0 Å². The van der Waals surface area contributed by atoms with Crippen molar-refractivity contribution in [3.63, 3.8) is 0 Å². The molecule has 1 heterocycles. The van der Waals surface area contributed by atoms with E-state index in [1.807, 2.05) is 0 Å². The third-order valence-electron chi connectivity index (χ3n) is 1.42. The molecule has 72 valence electrons. The van der Waals surface area contributed by atoms with Gasteiger partial charge in [0.2, 0.25) is 0 Å². The molecule has 1 aromatic rings. The van der Waals surface area contributed by atoms with Crippen molar-refractivity contribution in [2.75, 3.05) is 5.32 Å². The van der Waals surface area contributed by atoms with E-state index in [4.69, 9.17) is 0 Å². The Morgan fingerprint density at radius 2 is 2.15 bits per heavy atom. The number of amides is 1. The highest BCUT2D eigenvalue weighted by Crippen LogP contribution is 2.13. The van der Waals surface area contributed by atoms with Crippen LogP contribution in [0.15, 0.2) is 4.63 Å². The summed E-state index contributed by atoms with van der Waals surface area (Å²) in [4.78, 5) is 11.1. The van der Waals surface area contributed by atoms with Crippen molar-refractivity contribution in [2.24, 2.45) is 0 Å². The number of carbonyl (C=O) groups excluding carboxylic acids is 1. The van der Waals surface area contributed by atoms with Crippen molar-refractivity contribution >= 4 is 11.7 Å². The molecule has 6 heteroatoms. The minimum Gasteiger partial charge on any atom is -0.303 e. The maximum Gasteiger partial charge on any atom is 0.262 e. The molecule has 0 fully saturated rings. The number of nitrogens with zero attached hydrogens (tertiary/aromatic N) is 2. The molecule has 1 N–H and O–H groups in total. The molecule has 0 atom stereocenters. The van der Waals surface area contributed by atoms with E-state index in [1.54, 1.807) is 6.92 Å². The molecule has 5 nitrogen and oxygen atoms in total. The largest absolute Gasteiger partial charge is 0.303 e. The summed E-state index contributed by atoms with van der Waals surface area (Å²) in [5.74, 6) is -0.623. The van der Waals surface area contributed by atoms with Gasteiger partial charge in [0.25, 0.3) is 5.91 Å². The van der Waals surface area contributed by atoms with Crippen LogP contribution >= 0.6 is 0 Å². The lowest BCUT2D eigenvalue weighted by molar-refractivity contribution is -0.125. The van der Waals surface area contributed by atoms with Gasteiger partial charge in [0.15, 0.2) is 11.5 Å². The lowest BCUT2D eigenvalue weighted by Gasteiger charge is -2.11. The molecule has 1 amide bonds. The zero-order valence-electron chi connectivity index (χ0n) is 7.59. The standard InChI is InChI=1S/C7H10FN3O2/c1-4-5(11-13-10-4)9-6(12)7(2,3)8/h1-3H3,(H,9,11,12). The van der Waals surface area contributed by atoms with Crippen LogP contribution in [0.1, 0.15) is 19.5 Å². The molecule has 0 saturated heterocycles. The fourth-order valence-electron chi connectivity index (χ4n) is 0.601. The minimum atomic E-state index is -1.94. The van der Waals surface area contributed by atoms with Crippen molar-refractivity contribution in [3.8, 4) is 0 Å². The van der Waals surface area contributed by atoms with E-state index in [9.17, 15) is 9.18 Å². The molecule has 0 bridgehead atoms. The van der Waals surface area contributed by atoms with Crippen LogP contribution in [0.25, 0.3) is 0 Å². The number of anilines is 1. The first-order valence-corrected chi connectivity index (χ1v) is 3.71. The van der Waals surface area contributed by atoms with Crippen LogP contribution in [0.3, 0.4) is 0 Å². The van der Waals surface area contributed by atoms with Gasteiger partial charge in [-0.25, -0.2) is 9.02 Å². The monoisotopic (exact) mass is 187 g/mol. The van der Waals surface area contributed by atoms with E-state index >= 15 is 0 Å². The number of aryl methyl sites for hydroxylation is 1. The van der Waals surface area contributed by atoms with Gasteiger partial charge in [-0.15, -0.1) is 0 Å². The van der Waals surface area contributed by atoms with Gasteiger partial charge in [-0.05, 0) is 25.9 Å². The third kappa shape index (κ3) is 2.24. The lowest BCUT2D eigenvalue weighted by Crippen LogP contribution is -2.32. The van der Waals surface area contributed by atoms with E-state index in [0.717, 1.165) is 13.8 Å². The minimum absolute atomic E-state index is 0.149. The average molecular weight is 187 g/mol. The quantitative estimate of drug-likeness (QED) is 0.751. The van der Waals surface area contributed by atoms with Crippen LogP contribution in [0.4, 0.5) is 10.2 Å². The van der Waals surface area contributed by atoms with Crippen molar-refractivity contribution in [1.29, 1.82) is 0 Å². The number of hydrogen-bond acceptors (Lipinski definition) is 4. The first-order valence-electron chi connectivity index (χ1n) is 3.71. The SMILES string of the molecule is Cc1nonc1NC(=O)C(C)(C)F.